The monoisotopic (exact) mass is 333 g/mol. The van der Waals surface area contributed by atoms with E-state index >= 15 is 0 Å². The third-order valence-corrected chi connectivity index (χ3v) is 4.42. The number of hydrogen-bond donors (Lipinski definition) is 1. The Morgan fingerprint density at radius 1 is 1.16 bits per heavy atom. The first-order valence-electron chi connectivity index (χ1n) is 8.34. The molecular formula is C20H19N3O2. The number of nitrogens with one attached hydrogen (secondary N) is 1. The van der Waals surface area contributed by atoms with Gasteiger partial charge in [-0.3, -0.25) is 4.79 Å². The van der Waals surface area contributed by atoms with Crippen LogP contribution in [0.2, 0.25) is 0 Å². The number of nitrogens with zero attached hydrogens (tertiary/aromatic N) is 2. The van der Waals surface area contributed by atoms with E-state index in [1.807, 2.05) is 53.2 Å². The molecule has 0 radical (unpaired) electrons. The number of imidazole rings is 1. The van der Waals surface area contributed by atoms with Gasteiger partial charge in [0.2, 0.25) is 0 Å². The van der Waals surface area contributed by atoms with Crippen LogP contribution in [0.3, 0.4) is 0 Å². The van der Waals surface area contributed by atoms with Gasteiger partial charge in [-0.25, -0.2) is 4.98 Å². The molecule has 1 aromatic heterocycles. The zero-order chi connectivity index (χ0) is 17.1. The summed E-state index contributed by atoms with van der Waals surface area (Å²) in [5.74, 6) is 0.733. The summed E-state index contributed by atoms with van der Waals surface area (Å²) in [7, 11) is 0. The largest absolute Gasteiger partial charge is 0.480 e. The number of para-hydroxylation sites is 1. The standard InChI is InChI=1S/C20H19N3O2/c24-20(19-11-15-5-3-4-8-18(15)25-19)22-12-16-6-1-2-7-17(16)13-23-10-9-21-14-23/h1-10,14,19H,11-13H2,(H,22,24)/t19-/m1/s1. The number of fused-ring (bicyclic) bond motifs is 1. The number of carbonyl (C=O) groups is 1. The third-order valence-electron chi connectivity index (χ3n) is 4.42. The van der Waals surface area contributed by atoms with Crippen molar-refractivity contribution in [3.8, 4) is 5.75 Å². The number of benzene rings is 2. The predicted octanol–water partition coefficient (Wildman–Crippen LogP) is 2.55. The zero-order valence-electron chi connectivity index (χ0n) is 13.8. The van der Waals surface area contributed by atoms with Gasteiger partial charge in [0.1, 0.15) is 5.75 Å². The summed E-state index contributed by atoms with van der Waals surface area (Å²) < 4.78 is 7.76. The molecule has 0 aliphatic carbocycles. The molecule has 1 N–H and O–H groups in total. The van der Waals surface area contributed by atoms with Crippen LogP contribution in [0.15, 0.2) is 67.3 Å². The van der Waals surface area contributed by atoms with Crippen LogP contribution in [-0.2, 0) is 24.3 Å². The van der Waals surface area contributed by atoms with Gasteiger partial charge in [0.15, 0.2) is 6.10 Å². The van der Waals surface area contributed by atoms with Crippen LogP contribution in [0, 0.1) is 0 Å². The summed E-state index contributed by atoms with van der Waals surface area (Å²) in [4.78, 5) is 16.5. The molecule has 3 aromatic rings. The van der Waals surface area contributed by atoms with Crippen LogP contribution < -0.4 is 10.1 Å². The fourth-order valence-electron chi connectivity index (χ4n) is 3.09. The van der Waals surface area contributed by atoms with Gasteiger partial charge in [-0.1, -0.05) is 42.5 Å². The van der Waals surface area contributed by atoms with Crippen molar-refractivity contribution in [3.05, 3.63) is 83.9 Å². The summed E-state index contributed by atoms with van der Waals surface area (Å²) in [6.07, 6.45) is 5.66. The van der Waals surface area contributed by atoms with Crippen LogP contribution in [0.4, 0.5) is 0 Å². The second-order valence-corrected chi connectivity index (χ2v) is 6.14. The van der Waals surface area contributed by atoms with Gasteiger partial charge in [0, 0.05) is 31.9 Å². The first-order chi connectivity index (χ1) is 12.3. The smallest absolute Gasteiger partial charge is 0.261 e. The van der Waals surface area contributed by atoms with E-state index < -0.39 is 6.10 Å². The van der Waals surface area contributed by atoms with Crippen molar-refractivity contribution < 1.29 is 9.53 Å². The van der Waals surface area contributed by atoms with E-state index in [1.165, 1.54) is 0 Å². The van der Waals surface area contributed by atoms with Crippen molar-refractivity contribution in [1.82, 2.24) is 14.9 Å². The highest BCUT2D eigenvalue weighted by Crippen LogP contribution is 2.28. The van der Waals surface area contributed by atoms with Crippen molar-refractivity contribution >= 4 is 5.91 Å². The Morgan fingerprint density at radius 3 is 2.76 bits per heavy atom. The topological polar surface area (TPSA) is 56.2 Å². The summed E-state index contributed by atoms with van der Waals surface area (Å²) in [6, 6.07) is 15.9. The zero-order valence-corrected chi connectivity index (χ0v) is 13.8. The molecule has 1 amide bonds. The Kier molecular flexibility index (Phi) is 4.21. The molecule has 0 fully saturated rings. The Morgan fingerprint density at radius 2 is 1.96 bits per heavy atom. The average Bonchev–Trinajstić information content (AvgIpc) is 3.30. The first kappa shape index (κ1) is 15.4. The van der Waals surface area contributed by atoms with Gasteiger partial charge in [-0.2, -0.15) is 0 Å². The van der Waals surface area contributed by atoms with E-state index in [1.54, 1.807) is 12.5 Å². The predicted molar refractivity (Wildman–Crippen MR) is 94.2 cm³/mol. The highest BCUT2D eigenvalue weighted by molar-refractivity contribution is 5.82. The average molecular weight is 333 g/mol. The Bertz CT molecular complexity index is 849. The number of rotatable bonds is 5. The summed E-state index contributed by atoms with van der Waals surface area (Å²) in [5.41, 5.74) is 3.35. The summed E-state index contributed by atoms with van der Waals surface area (Å²) in [6.45, 7) is 1.22. The molecule has 0 saturated heterocycles. The van der Waals surface area contributed by atoms with Gasteiger partial charge in [0.05, 0.1) is 6.33 Å². The lowest BCUT2D eigenvalue weighted by atomic mass is 10.1. The van der Waals surface area contributed by atoms with Gasteiger partial charge < -0.3 is 14.6 Å². The number of amides is 1. The van der Waals surface area contributed by atoms with Crippen molar-refractivity contribution in [2.75, 3.05) is 0 Å². The van der Waals surface area contributed by atoms with Gasteiger partial charge in [-0.05, 0) is 22.8 Å². The molecular weight excluding hydrogens is 314 g/mol. The number of hydrogen-bond acceptors (Lipinski definition) is 3. The lowest BCUT2D eigenvalue weighted by Crippen LogP contribution is -2.37. The quantitative estimate of drug-likeness (QED) is 0.781. The molecule has 2 heterocycles. The second-order valence-electron chi connectivity index (χ2n) is 6.14. The van der Waals surface area contributed by atoms with E-state index in [4.69, 9.17) is 4.74 Å². The van der Waals surface area contributed by atoms with Gasteiger partial charge in [-0.15, -0.1) is 0 Å². The molecule has 5 heteroatoms. The molecule has 25 heavy (non-hydrogen) atoms. The van der Waals surface area contributed by atoms with Crippen LogP contribution >= 0.6 is 0 Å². The molecule has 0 bridgehead atoms. The van der Waals surface area contributed by atoms with E-state index in [9.17, 15) is 4.79 Å². The maximum Gasteiger partial charge on any atom is 0.261 e. The van der Waals surface area contributed by atoms with Gasteiger partial charge >= 0.3 is 0 Å². The van der Waals surface area contributed by atoms with E-state index in [-0.39, 0.29) is 5.91 Å². The SMILES string of the molecule is O=C(NCc1ccccc1Cn1ccnc1)[C@H]1Cc2ccccc2O1. The maximum atomic E-state index is 12.5. The van der Waals surface area contributed by atoms with Crippen molar-refractivity contribution in [3.63, 3.8) is 0 Å². The van der Waals surface area contributed by atoms with Gasteiger partial charge in [0.25, 0.3) is 5.91 Å². The van der Waals surface area contributed by atoms with E-state index in [0.717, 1.165) is 29.0 Å². The van der Waals surface area contributed by atoms with Crippen LogP contribution in [0.5, 0.6) is 5.75 Å². The normalized spacial score (nSPS) is 15.4. The van der Waals surface area contributed by atoms with Crippen molar-refractivity contribution in [2.45, 2.75) is 25.6 Å². The number of aromatic nitrogens is 2. The molecule has 0 unspecified atom stereocenters. The highest BCUT2D eigenvalue weighted by atomic mass is 16.5. The minimum absolute atomic E-state index is 0.0753. The summed E-state index contributed by atoms with van der Waals surface area (Å²) in [5, 5.41) is 3.01. The van der Waals surface area contributed by atoms with Crippen molar-refractivity contribution in [1.29, 1.82) is 0 Å². The molecule has 5 nitrogen and oxygen atoms in total. The Hall–Kier alpha value is -3.08. The second kappa shape index (κ2) is 6.81. The fourth-order valence-corrected chi connectivity index (χ4v) is 3.09. The Labute approximate surface area is 146 Å². The van der Waals surface area contributed by atoms with Crippen LogP contribution in [0.1, 0.15) is 16.7 Å². The molecule has 0 saturated carbocycles. The summed E-state index contributed by atoms with van der Waals surface area (Å²) >= 11 is 0. The molecule has 126 valence electrons. The molecule has 1 aliphatic rings. The first-order valence-corrected chi connectivity index (χ1v) is 8.34. The molecule has 2 aromatic carbocycles. The van der Waals surface area contributed by atoms with Crippen LogP contribution in [-0.4, -0.2) is 21.6 Å². The number of carbonyl (C=O) groups excluding carboxylic acids is 1. The molecule has 1 atom stereocenters. The molecule has 0 spiro atoms. The lowest BCUT2D eigenvalue weighted by Gasteiger charge is -2.14. The third kappa shape index (κ3) is 3.40. The number of ether oxygens (including phenoxy) is 1. The minimum Gasteiger partial charge on any atom is -0.480 e. The fraction of sp³-hybridized carbons (Fsp3) is 0.200. The van der Waals surface area contributed by atoms with E-state index in [0.29, 0.717) is 13.0 Å². The van der Waals surface area contributed by atoms with E-state index in [2.05, 4.69) is 16.4 Å². The Balaban J connectivity index is 1.40. The lowest BCUT2D eigenvalue weighted by molar-refractivity contribution is -0.127. The van der Waals surface area contributed by atoms with Crippen molar-refractivity contribution in [2.24, 2.45) is 0 Å². The highest BCUT2D eigenvalue weighted by Gasteiger charge is 2.28. The molecule has 4 rings (SSSR count). The maximum absolute atomic E-state index is 12.5. The molecule has 1 aliphatic heterocycles. The minimum atomic E-state index is -0.446. The van der Waals surface area contributed by atoms with Crippen LogP contribution in [0.25, 0.3) is 0 Å².